The average Bonchev–Trinajstić information content (AvgIpc) is 2.53. The molecule has 1 aliphatic rings. The third kappa shape index (κ3) is 6.68. The molecular formula is C15H22ClN3O2S. The molecule has 1 heterocycles. The van der Waals surface area contributed by atoms with Crippen LogP contribution in [0.25, 0.3) is 0 Å². The minimum atomic E-state index is -0.116. The molecule has 1 aromatic rings. The fourth-order valence-electron chi connectivity index (χ4n) is 2.12. The number of thioether (sulfide) groups is 1. The van der Waals surface area contributed by atoms with Gasteiger partial charge in [-0.15, -0.1) is 12.4 Å². The number of hydrogen-bond donors (Lipinski definition) is 3. The summed E-state index contributed by atoms with van der Waals surface area (Å²) < 4.78 is 0. The van der Waals surface area contributed by atoms with E-state index >= 15 is 0 Å². The first kappa shape index (κ1) is 18.8. The zero-order valence-electron chi connectivity index (χ0n) is 12.3. The highest BCUT2D eigenvalue weighted by atomic mass is 35.5. The van der Waals surface area contributed by atoms with Gasteiger partial charge in [0.1, 0.15) is 0 Å². The Bertz CT molecular complexity index is 467. The largest absolute Gasteiger partial charge is 0.354 e. The standard InChI is InChI=1S/C15H21N3O2S.ClH/c19-14(10-13-11-21-9-8-16-13)17-6-7-18-15(20)12-4-2-1-3-5-12;/h1-5,13,16H,6-11H2,(H,17,19)(H,18,20);1H. The van der Waals surface area contributed by atoms with E-state index in [4.69, 9.17) is 0 Å². The number of amides is 2. The summed E-state index contributed by atoms with van der Waals surface area (Å²) in [6.45, 7) is 1.86. The molecule has 1 aromatic carbocycles. The molecule has 0 spiro atoms. The highest BCUT2D eigenvalue weighted by Crippen LogP contribution is 2.09. The molecule has 0 saturated carbocycles. The van der Waals surface area contributed by atoms with Crippen molar-refractivity contribution in [2.24, 2.45) is 0 Å². The summed E-state index contributed by atoms with van der Waals surface area (Å²) >= 11 is 1.88. The summed E-state index contributed by atoms with van der Waals surface area (Å²) in [5, 5.41) is 8.95. The first-order valence-electron chi connectivity index (χ1n) is 7.17. The van der Waals surface area contributed by atoms with E-state index in [9.17, 15) is 9.59 Å². The van der Waals surface area contributed by atoms with Crippen molar-refractivity contribution in [3.05, 3.63) is 35.9 Å². The third-order valence-corrected chi connectivity index (χ3v) is 4.33. The average molecular weight is 344 g/mol. The third-order valence-electron chi connectivity index (χ3n) is 3.20. The lowest BCUT2D eigenvalue weighted by atomic mass is 10.2. The van der Waals surface area contributed by atoms with E-state index in [0.29, 0.717) is 25.1 Å². The Labute approximate surface area is 141 Å². The van der Waals surface area contributed by atoms with Crippen LogP contribution in [0.3, 0.4) is 0 Å². The molecule has 22 heavy (non-hydrogen) atoms. The monoisotopic (exact) mass is 343 g/mol. The van der Waals surface area contributed by atoms with Gasteiger partial charge < -0.3 is 16.0 Å². The first-order valence-corrected chi connectivity index (χ1v) is 8.32. The van der Waals surface area contributed by atoms with Gasteiger partial charge in [-0.05, 0) is 12.1 Å². The number of hydrogen-bond acceptors (Lipinski definition) is 4. The normalized spacial score (nSPS) is 17.2. The molecular weight excluding hydrogens is 322 g/mol. The first-order chi connectivity index (χ1) is 10.3. The maximum atomic E-state index is 11.8. The summed E-state index contributed by atoms with van der Waals surface area (Å²) in [5.41, 5.74) is 0.632. The van der Waals surface area contributed by atoms with Crippen molar-refractivity contribution in [3.8, 4) is 0 Å². The van der Waals surface area contributed by atoms with Gasteiger partial charge in [-0.25, -0.2) is 0 Å². The van der Waals surface area contributed by atoms with Crippen molar-refractivity contribution in [2.75, 3.05) is 31.1 Å². The molecule has 1 saturated heterocycles. The number of carbonyl (C=O) groups is 2. The van der Waals surface area contributed by atoms with Gasteiger partial charge in [0, 0.05) is 49.2 Å². The van der Waals surface area contributed by atoms with Gasteiger partial charge in [-0.3, -0.25) is 9.59 Å². The molecule has 0 aromatic heterocycles. The molecule has 1 unspecified atom stereocenters. The van der Waals surface area contributed by atoms with E-state index in [0.717, 1.165) is 18.1 Å². The number of nitrogens with one attached hydrogen (secondary N) is 3. The van der Waals surface area contributed by atoms with Crippen molar-refractivity contribution in [2.45, 2.75) is 12.5 Å². The van der Waals surface area contributed by atoms with E-state index in [2.05, 4.69) is 16.0 Å². The molecule has 0 aliphatic carbocycles. The second-order valence-electron chi connectivity index (χ2n) is 4.90. The molecule has 0 bridgehead atoms. The van der Waals surface area contributed by atoms with E-state index < -0.39 is 0 Å². The summed E-state index contributed by atoms with van der Waals surface area (Å²) in [6.07, 6.45) is 0.500. The van der Waals surface area contributed by atoms with Crippen molar-refractivity contribution in [1.29, 1.82) is 0 Å². The lowest BCUT2D eigenvalue weighted by molar-refractivity contribution is -0.121. The zero-order chi connectivity index (χ0) is 14.9. The summed E-state index contributed by atoms with van der Waals surface area (Å²) in [5.74, 6) is 2.01. The van der Waals surface area contributed by atoms with Gasteiger partial charge in [-0.2, -0.15) is 11.8 Å². The van der Waals surface area contributed by atoms with Crippen molar-refractivity contribution < 1.29 is 9.59 Å². The van der Waals surface area contributed by atoms with E-state index in [-0.39, 0.29) is 30.3 Å². The molecule has 122 valence electrons. The van der Waals surface area contributed by atoms with Crippen LogP contribution in [0.1, 0.15) is 16.8 Å². The highest BCUT2D eigenvalue weighted by molar-refractivity contribution is 7.99. The maximum absolute atomic E-state index is 11.8. The fourth-order valence-corrected chi connectivity index (χ4v) is 3.07. The number of carbonyl (C=O) groups excluding carboxylic acids is 2. The maximum Gasteiger partial charge on any atom is 0.251 e. The van der Waals surface area contributed by atoms with Gasteiger partial charge in [0.05, 0.1) is 0 Å². The zero-order valence-corrected chi connectivity index (χ0v) is 14.0. The molecule has 1 atom stereocenters. The summed E-state index contributed by atoms with van der Waals surface area (Å²) in [6, 6.07) is 9.31. The van der Waals surface area contributed by atoms with Crippen LogP contribution in [-0.4, -0.2) is 49.0 Å². The molecule has 1 aliphatic heterocycles. The minimum absolute atomic E-state index is 0. The molecule has 3 N–H and O–H groups in total. The van der Waals surface area contributed by atoms with E-state index in [1.807, 2.05) is 30.0 Å². The van der Waals surface area contributed by atoms with Crippen LogP contribution >= 0.6 is 24.2 Å². The molecule has 0 radical (unpaired) electrons. The Morgan fingerprint density at radius 2 is 1.91 bits per heavy atom. The Hall–Kier alpha value is -1.24. The predicted octanol–water partition coefficient (Wildman–Crippen LogP) is 1.05. The number of benzene rings is 1. The number of rotatable bonds is 6. The van der Waals surface area contributed by atoms with Gasteiger partial charge in [0.25, 0.3) is 5.91 Å². The van der Waals surface area contributed by atoms with Crippen LogP contribution in [0.15, 0.2) is 30.3 Å². The lowest BCUT2D eigenvalue weighted by Gasteiger charge is -2.22. The summed E-state index contributed by atoms with van der Waals surface area (Å²) in [7, 11) is 0. The van der Waals surface area contributed by atoms with E-state index in [1.165, 1.54) is 0 Å². The van der Waals surface area contributed by atoms with Crippen molar-refractivity contribution in [1.82, 2.24) is 16.0 Å². The van der Waals surface area contributed by atoms with Crippen LogP contribution in [0.4, 0.5) is 0 Å². The summed E-state index contributed by atoms with van der Waals surface area (Å²) in [4.78, 5) is 23.5. The second kappa shape index (κ2) is 10.5. The van der Waals surface area contributed by atoms with Gasteiger partial charge in [0.15, 0.2) is 0 Å². The van der Waals surface area contributed by atoms with Crippen LogP contribution in [0, 0.1) is 0 Å². The Morgan fingerprint density at radius 3 is 2.59 bits per heavy atom. The topological polar surface area (TPSA) is 70.2 Å². The molecule has 5 nitrogen and oxygen atoms in total. The van der Waals surface area contributed by atoms with Crippen LogP contribution < -0.4 is 16.0 Å². The van der Waals surface area contributed by atoms with Crippen LogP contribution in [-0.2, 0) is 4.79 Å². The van der Waals surface area contributed by atoms with Crippen LogP contribution in [0.2, 0.25) is 0 Å². The van der Waals surface area contributed by atoms with Gasteiger partial charge >= 0.3 is 0 Å². The number of halogens is 1. The lowest BCUT2D eigenvalue weighted by Crippen LogP contribution is -2.42. The highest BCUT2D eigenvalue weighted by Gasteiger charge is 2.16. The molecule has 7 heteroatoms. The molecule has 1 fully saturated rings. The smallest absolute Gasteiger partial charge is 0.251 e. The Balaban J connectivity index is 0.00000242. The van der Waals surface area contributed by atoms with E-state index in [1.54, 1.807) is 12.1 Å². The Kier molecular flexibility index (Phi) is 8.96. The second-order valence-corrected chi connectivity index (χ2v) is 6.05. The molecule has 2 amide bonds. The van der Waals surface area contributed by atoms with Gasteiger partial charge in [-0.1, -0.05) is 18.2 Å². The predicted molar refractivity (Wildman–Crippen MR) is 92.8 cm³/mol. The van der Waals surface area contributed by atoms with Crippen LogP contribution in [0.5, 0.6) is 0 Å². The fraction of sp³-hybridized carbons (Fsp3) is 0.467. The SMILES string of the molecule is Cl.O=C(CC1CSCCN1)NCCNC(=O)c1ccccc1. The minimum Gasteiger partial charge on any atom is -0.354 e. The van der Waals surface area contributed by atoms with Gasteiger partial charge in [0.2, 0.25) is 5.91 Å². The molecule has 2 rings (SSSR count). The van der Waals surface area contributed by atoms with Crippen molar-refractivity contribution in [3.63, 3.8) is 0 Å². The Morgan fingerprint density at radius 1 is 1.18 bits per heavy atom. The quantitative estimate of drug-likeness (QED) is 0.675. The van der Waals surface area contributed by atoms with Crippen molar-refractivity contribution >= 4 is 36.0 Å².